The van der Waals surface area contributed by atoms with Gasteiger partial charge in [0.15, 0.2) is 0 Å². The van der Waals surface area contributed by atoms with E-state index in [9.17, 15) is 13.2 Å². The quantitative estimate of drug-likeness (QED) is 0.686. The maximum absolute atomic E-state index is 12.4. The normalized spacial score (nSPS) is 14.7. The predicted molar refractivity (Wildman–Crippen MR) is 111 cm³/mol. The largest absolute Gasteiger partial charge is 0.312 e. The Labute approximate surface area is 165 Å². The zero-order valence-electron chi connectivity index (χ0n) is 15.3. The van der Waals surface area contributed by atoms with Crippen LogP contribution in [-0.2, 0) is 20.6 Å². The van der Waals surface area contributed by atoms with E-state index in [4.69, 9.17) is 0 Å². The van der Waals surface area contributed by atoms with Crippen LogP contribution in [0, 0.1) is 6.92 Å². The number of rotatable bonds is 8. The minimum Gasteiger partial charge on any atom is -0.312 e. The molecule has 0 unspecified atom stereocenters. The number of nitrogens with one attached hydrogen (secondary N) is 1. The molecule has 1 aliphatic heterocycles. The molecule has 3 rings (SSSR count). The summed E-state index contributed by atoms with van der Waals surface area (Å²) in [6.07, 6.45) is 1.41. The Balaban J connectivity index is 1.48. The Hall–Kier alpha value is -1.83. The SMILES string of the molecule is Cc1cccc(CSCCNS(=O)(=O)c2ccc(N3CCCC3=O)cc2)c1. The second-order valence-electron chi connectivity index (χ2n) is 6.58. The molecular formula is C20H24N2O3S2. The third-order valence-electron chi connectivity index (χ3n) is 4.42. The van der Waals surface area contributed by atoms with Crippen LogP contribution in [0.3, 0.4) is 0 Å². The fourth-order valence-electron chi connectivity index (χ4n) is 3.05. The summed E-state index contributed by atoms with van der Waals surface area (Å²) < 4.78 is 27.5. The first-order valence-electron chi connectivity index (χ1n) is 8.99. The number of hydrogen-bond donors (Lipinski definition) is 1. The summed E-state index contributed by atoms with van der Waals surface area (Å²) in [5, 5.41) is 0. The number of aryl methyl sites for hydroxylation is 1. The molecule has 0 aliphatic carbocycles. The van der Waals surface area contributed by atoms with Crippen molar-refractivity contribution in [1.29, 1.82) is 0 Å². The van der Waals surface area contributed by atoms with E-state index in [0.29, 0.717) is 25.3 Å². The minimum absolute atomic E-state index is 0.0920. The third kappa shape index (κ3) is 5.34. The first-order chi connectivity index (χ1) is 13.0. The van der Waals surface area contributed by atoms with Gasteiger partial charge in [0.1, 0.15) is 0 Å². The standard InChI is InChI=1S/C20H24N2O3S2/c1-16-4-2-5-17(14-16)15-26-13-11-21-27(24,25)19-9-7-18(8-10-19)22-12-3-6-20(22)23/h2,4-5,7-10,14,21H,3,6,11-13,15H2,1H3. The van der Waals surface area contributed by atoms with Gasteiger partial charge in [-0.25, -0.2) is 13.1 Å². The highest BCUT2D eigenvalue weighted by atomic mass is 32.2. The number of benzene rings is 2. The van der Waals surface area contributed by atoms with Gasteiger partial charge in [0, 0.05) is 36.7 Å². The van der Waals surface area contributed by atoms with Gasteiger partial charge in [0.2, 0.25) is 15.9 Å². The molecule has 2 aromatic rings. The molecule has 1 N–H and O–H groups in total. The van der Waals surface area contributed by atoms with E-state index in [1.807, 2.05) is 6.07 Å². The summed E-state index contributed by atoms with van der Waals surface area (Å²) in [5.41, 5.74) is 3.23. The molecule has 2 aromatic carbocycles. The van der Waals surface area contributed by atoms with Crippen LogP contribution >= 0.6 is 11.8 Å². The molecule has 0 saturated carbocycles. The first kappa shape index (κ1) is 19.9. The number of carbonyl (C=O) groups excluding carboxylic acids is 1. The average Bonchev–Trinajstić information content (AvgIpc) is 3.07. The minimum atomic E-state index is -3.53. The number of sulfonamides is 1. The molecule has 0 aromatic heterocycles. The fourth-order valence-corrected chi connectivity index (χ4v) is 5.02. The van der Waals surface area contributed by atoms with Crippen LogP contribution < -0.4 is 9.62 Å². The summed E-state index contributed by atoms with van der Waals surface area (Å²) in [7, 11) is -3.53. The van der Waals surface area contributed by atoms with Crippen molar-refractivity contribution in [2.45, 2.75) is 30.4 Å². The van der Waals surface area contributed by atoms with Crippen molar-refractivity contribution in [1.82, 2.24) is 4.72 Å². The van der Waals surface area contributed by atoms with Gasteiger partial charge in [0.05, 0.1) is 4.90 Å². The first-order valence-corrected chi connectivity index (χ1v) is 11.6. The Bertz CT molecular complexity index is 896. The lowest BCUT2D eigenvalue weighted by atomic mass is 10.2. The van der Waals surface area contributed by atoms with Crippen LogP contribution in [0.15, 0.2) is 53.4 Å². The van der Waals surface area contributed by atoms with Gasteiger partial charge in [-0.15, -0.1) is 0 Å². The highest BCUT2D eigenvalue weighted by Crippen LogP contribution is 2.23. The summed E-state index contributed by atoms with van der Waals surface area (Å²) >= 11 is 1.70. The van der Waals surface area contributed by atoms with Crippen molar-refractivity contribution in [3.8, 4) is 0 Å². The van der Waals surface area contributed by atoms with Gasteiger partial charge in [-0.05, 0) is 43.2 Å². The lowest BCUT2D eigenvalue weighted by molar-refractivity contribution is -0.117. The Kier molecular flexibility index (Phi) is 6.57. The zero-order chi connectivity index (χ0) is 19.3. The van der Waals surface area contributed by atoms with Crippen LogP contribution in [0.2, 0.25) is 0 Å². The molecule has 1 fully saturated rings. The molecule has 27 heavy (non-hydrogen) atoms. The zero-order valence-corrected chi connectivity index (χ0v) is 17.0. The van der Waals surface area contributed by atoms with Gasteiger partial charge < -0.3 is 4.90 Å². The van der Waals surface area contributed by atoms with Crippen molar-refractivity contribution in [3.63, 3.8) is 0 Å². The van der Waals surface area contributed by atoms with Gasteiger partial charge in [-0.2, -0.15) is 11.8 Å². The van der Waals surface area contributed by atoms with Crippen molar-refractivity contribution in [2.24, 2.45) is 0 Å². The average molecular weight is 405 g/mol. The van der Waals surface area contributed by atoms with E-state index in [1.165, 1.54) is 11.1 Å². The van der Waals surface area contributed by atoms with Crippen molar-refractivity contribution in [3.05, 3.63) is 59.7 Å². The van der Waals surface area contributed by atoms with Gasteiger partial charge >= 0.3 is 0 Å². The summed E-state index contributed by atoms with van der Waals surface area (Å²) in [4.78, 5) is 13.7. The lowest BCUT2D eigenvalue weighted by Gasteiger charge is -2.16. The van der Waals surface area contributed by atoms with E-state index in [-0.39, 0.29) is 10.8 Å². The van der Waals surface area contributed by atoms with Crippen molar-refractivity contribution < 1.29 is 13.2 Å². The molecular weight excluding hydrogens is 380 g/mol. The molecule has 0 bridgehead atoms. The number of hydrogen-bond acceptors (Lipinski definition) is 4. The fraction of sp³-hybridized carbons (Fsp3) is 0.350. The van der Waals surface area contributed by atoms with Gasteiger partial charge in [-0.1, -0.05) is 29.8 Å². The molecule has 5 nitrogen and oxygen atoms in total. The highest BCUT2D eigenvalue weighted by Gasteiger charge is 2.22. The second kappa shape index (κ2) is 8.91. The van der Waals surface area contributed by atoms with Crippen LogP contribution in [0.25, 0.3) is 0 Å². The van der Waals surface area contributed by atoms with Crippen molar-refractivity contribution in [2.75, 3.05) is 23.7 Å². The Morgan fingerprint density at radius 3 is 2.59 bits per heavy atom. The highest BCUT2D eigenvalue weighted by molar-refractivity contribution is 7.98. The number of amides is 1. The smallest absolute Gasteiger partial charge is 0.240 e. The van der Waals surface area contributed by atoms with Crippen LogP contribution in [0.5, 0.6) is 0 Å². The maximum atomic E-state index is 12.4. The Morgan fingerprint density at radius 2 is 1.93 bits per heavy atom. The molecule has 0 spiro atoms. The monoisotopic (exact) mass is 404 g/mol. The molecule has 1 saturated heterocycles. The topological polar surface area (TPSA) is 66.5 Å². The Morgan fingerprint density at radius 1 is 1.15 bits per heavy atom. The van der Waals surface area contributed by atoms with E-state index in [2.05, 4.69) is 29.8 Å². The number of nitrogens with zero attached hydrogens (tertiary/aromatic N) is 1. The predicted octanol–water partition coefficient (Wildman–Crippen LogP) is 3.33. The van der Waals surface area contributed by atoms with Gasteiger partial charge in [0.25, 0.3) is 0 Å². The van der Waals surface area contributed by atoms with Crippen LogP contribution in [0.4, 0.5) is 5.69 Å². The van der Waals surface area contributed by atoms with E-state index < -0.39 is 10.0 Å². The molecule has 1 amide bonds. The molecule has 7 heteroatoms. The van der Waals surface area contributed by atoms with Crippen molar-refractivity contribution >= 4 is 33.4 Å². The summed E-state index contributed by atoms with van der Waals surface area (Å²) in [5.74, 6) is 1.66. The third-order valence-corrected chi connectivity index (χ3v) is 6.93. The van der Waals surface area contributed by atoms with E-state index in [0.717, 1.165) is 17.9 Å². The van der Waals surface area contributed by atoms with Gasteiger partial charge in [-0.3, -0.25) is 4.79 Å². The lowest BCUT2D eigenvalue weighted by Crippen LogP contribution is -2.26. The molecule has 0 atom stereocenters. The number of anilines is 1. The second-order valence-corrected chi connectivity index (χ2v) is 9.45. The number of carbonyl (C=O) groups is 1. The summed E-state index contributed by atoms with van der Waals surface area (Å²) in [6.45, 7) is 3.14. The molecule has 1 heterocycles. The number of thioether (sulfide) groups is 1. The van der Waals surface area contributed by atoms with Crippen LogP contribution in [-0.4, -0.2) is 33.2 Å². The maximum Gasteiger partial charge on any atom is 0.240 e. The molecule has 0 radical (unpaired) electrons. The van der Waals surface area contributed by atoms with E-state index >= 15 is 0 Å². The van der Waals surface area contributed by atoms with E-state index in [1.54, 1.807) is 40.9 Å². The molecule has 144 valence electrons. The van der Waals surface area contributed by atoms with Crippen LogP contribution in [0.1, 0.15) is 24.0 Å². The molecule has 1 aliphatic rings. The summed E-state index contributed by atoms with van der Waals surface area (Å²) in [6, 6.07) is 14.8.